The SMILES string of the molecule is CC[C@@H](C)OC(=O)C1=C(C)NC2=C(C(=O)C[C@@H](c3ccc(OC)c(OC)c3)C2)[C@H]1c1cccc(Cl)c1. The molecular weight excluding hydrogens is 478 g/mol. The number of ketones is 1. The quantitative estimate of drug-likeness (QED) is 0.457. The highest BCUT2D eigenvalue weighted by Crippen LogP contribution is 2.46. The molecule has 36 heavy (non-hydrogen) atoms. The van der Waals surface area contributed by atoms with Crippen molar-refractivity contribution in [3.8, 4) is 11.5 Å². The van der Waals surface area contributed by atoms with E-state index in [4.69, 9.17) is 25.8 Å². The zero-order valence-corrected chi connectivity index (χ0v) is 22.1. The summed E-state index contributed by atoms with van der Waals surface area (Å²) in [6.07, 6.45) is 1.41. The second-order valence-corrected chi connectivity index (χ2v) is 9.75. The molecule has 1 aliphatic heterocycles. The Labute approximate surface area is 217 Å². The first kappa shape index (κ1) is 25.8. The van der Waals surface area contributed by atoms with Crippen molar-refractivity contribution in [1.82, 2.24) is 5.32 Å². The van der Waals surface area contributed by atoms with Crippen molar-refractivity contribution in [2.24, 2.45) is 0 Å². The number of dihydropyridines is 1. The summed E-state index contributed by atoms with van der Waals surface area (Å²) in [4.78, 5) is 27.1. The second-order valence-electron chi connectivity index (χ2n) is 9.31. The number of carbonyl (C=O) groups is 2. The molecule has 0 spiro atoms. The summed E-state index contributed by atoms with van der Waals surface area (Å²) in [5.41, 5.74) is 4.37. The van der Waals surface area contributed by atoms with Gasteiger partial charge in [-0.05, 0) is 68.0 Å². The molecule has 0 bridgehead atoms. The van der Waals surface area contributed by atoms with Crippen molar-refractivity contribution >= 4 is 23.4 Å². The number of hydrogen-bond acceptors (Lipinski definition) is 6. The van der Waals surface area contributed by atoms with Gasteiger partial charge in [0.2, 0.25) is 0 Å². The molecule has 0 unspecified atom stereocenters. The zero-order chi connectivity index (χ0) is 26.0. The molecule has 7 heteroatoms. The van der Waals surface area contributed by atoms with Crippen LogP contribution in [0.25, 0.3) is 0 Å². The van der Waals surface area contributed by atoms with Crippen LogP contribution in [0.1, 0.15) is 63.0 Å². The van der Waals surface area contributed by atoms with Crippen LogP contribution in [0.2, 0.25) is 5.02 Å². The molecule has 190 valence electrons. The number of Topliss-reactive ketones (excluding diaryl/α,β-unsaturated/α-hetero) is 1. The molecule has 2 aromatic rings. The van der Waals surface area contributed by atoms with Crippen LogP contribution in [-0.4, -0.2) is 32.1 Å². The van der Waals surface area contributed by atoms with Gasteiger partial charge >= 0.3 is 5.97 Å². The Bertz CT molecular complexity index is 1250. The van der Waals surface area contributed by atoms with E-state index >= 15 is 0 Å². The molecule has 2 aromatic carbocycles. The number of rotatable bonds is 7. The van der Waals surface area contributed by atoms with Gasteiger partial charge in [0.1, 0.15) is 0 Å². The van der Waals surface area contributed by atoms with Crippen LogP contribution in [0.3, 0.4) is 0 Å². The van der Waals surface area contributed by atoms with Crippen molar-refractivity contribution in [2.75, 3.05) is 14.2 Å². The molecule has 0 saturated carbocycles. The van der Waals surface area contributed by atoms with Gasteiger partial charge in [-0.2, -0.15) is 0 Å². The summed E-state index contributed by atoms with van der Waals surface area (Å²) in [7, 11) is 3.19. The largest absolute Gasteiger partial charge is 0.493 e. The van der Waals surface area contributed by atoms with Gasteiger partial charge in [0.05, 0.1) is 25.9 Å². The number of nitrogens with one attached hydrogen (secondary N) is 1. The molecule has 1 aliphatic carbocycles. The minimum Gasteiger partial charge on any atom is -0.493 e. The van der Waals surface area contributed by atoms with Gasteiger partial charge in [0.25, 0.3) is 0 Å². The van der Waals surface area contributed by atoms with Crippen LogP contribution < -0.4 is 14.8 Å². The van der Waals surface area contributed by atoms with Crippen molar-refractivity contribution in [3.05, 3.63) is 81.2 Å². The third kappa shape index (κ3) is 5.00. The first-order valence-electron chi connectivity index (χ1n) is 12.2. The Hall–Kier alpha value is -3.25. The van der Waals surface area contributed by atoms with Crippen molar-refractivity contribution in [1.29, 1.82) is 0 Å². The number of halogens is 1. The molecule has 1 N–H and O–H groups in total. The number of allylic oxidation sites excluding steroid dienone is 3. The molecule has 2 aliphatic rings. The lowest BCUT2D eigenvalue weighted by Crippen LogP contribution is -2.36. The molecule has 6 nitrogen and oxygen atoms in total. The monoisotopic (exact) mass is 509 g/mol. The van der Waals surface area contributed by atoms with Crippen LogP contribution in [0, 0.1) is 0 Å². The summed E-state index contributed by atoms with van der Waals surface area (Å²) in [6.45, 7) is 5.69. The number of carbonyl (C=O) groups excluding carboxylic acids is 2. The topological polar surface area (TPSA) is 73.9 Å². The van der Waals surface area contributed by atoms with E-state index in [1.807, 2.05) is 57.2 Å². The maximum Gasteiger partial charge on any atom is 0.337 e. The van der Waals surface area contributed by atoms with Crippen molar-refractivity contribution in [3.63, 3.8) is 0 Å². The molecule has 0 fully saturated rings. The van der Waals surface area contributed by atoms with E-state index in [1.54, 1.807) is 20.3 Å². The van der Waals surface area contributed by atoms with Crippen LogP contribution in [0.4, 0.5) is 0 Å². The average molecular weight is 510 g/mol. The zero-order valence-electron chi connectivity index (χ0n) is 21.3. The van der Waals surface area contributed by atoms with E-state index in [2.05, 4.69) is 5.32 Å². The van der Waals surface area contributed by atoms with Crippen LogP contribution in [-0.2, 0) is 14.3 Å². The van der Waals surface area contributed by atoms with Gasteiger partial charge in [0.15, 0.2) is 17.3 Å². The molecule has 0 saturated heterocycles. The van der Waals surface area contributed by atoms with Crippen LogP contribution in [0.5, 0.6) is 11.5 Å². The Morgan fingerprint density at radius 1 is 1.08 bits per heavy atom. The fourth-order valence-electron chi connectivity index (χ4n) is 5.00. The first-order chi connectivity index (χ1) is 17.3. The van der Waals surface area contributed by atoms with E-state index in [-0.39, 0.29) is 17.8 Å². The Balaban J connectivity index is 1.76. The smallest absolute Gasteiger partial charge is 0.337 e. The minimum absolute atomic E-state index is 0.00477. The highest BCUT2D eigenvalue weighted by Gasteiger charge is 2.41. The van der Waals surface area contributed by atoms with Gasteiger partial charge in [-0.15, -0.1) is 0 Å². The third-order valence-corrected chi connectivity index (χ3v) is 7.23. The minimum atomic E-state index is -0.546. The highest BCUT2D eigenvalue weighted by molar-refractivity contribution is 6.30. The average Bonchev–Trinajstić information content (AvgIpc) is 2.86. The van der Waals surface area contributed by atoms with Crippen LogP contribution >= 0.6 is 11.6 Å². The van der Waals surface area contributed by atoms with Crippen molar-refractivity contribution < 1.29 is 23.8 Å². The van der Waals surface area contributed by atoms with Crippen molar-refractivity contribution in [2.45, 2.75) is 58.0 Å². The lowest BCUT2D eigenvalue weighted by atomic mass is 9.71. The van der Waals surface area contributed by atoms with Gasteiger partial charge in [-0.25, -0.2) is 4.79 Å². The fraction of sp³-hybridized carbons (Fsp3) is 0.379. The summed E-state index contributed by atoms with van der Waals surface area (Å²) in [5, 5.41) is 3.93. The van der Waals surface area contributed by atoms with E-state index in [0.717, 1.165) is 16.8 Å². The standard InChI is InChI=1S/C29H32ClNO5/c1-6-16(2)36-29(33)26-17(3)31-22-13-20(18-10-11-24(34-4)25(15-18)35-5)14-23(32)28(22)27(26)19-8-7-9-21(30)12-19/h7-12,15-16,20,27,31H,6,13-14H2,1-5H3/t16-,20+,27+/m1/s1. The number of esters is 1. The van der Waals surface area contributed by atoms with E-state index in [0.29, 0.717) is 52.6 Å². The molecule has 0 aromatic heterocycles. The number of hydrogen-bond donors (Lipinski definition) is 1. The van der Waals surface area contributed by atoms with Gasteiger partial charge in [-0.1, -0.05) is 36.7 Å². The molecule has 1 heterocycles. The normalized spacial score (nSPS) is 20.4. The summed E-state index contributed by atoms with van der Waals surface area (Å²) >= 11 is 6.33. The molecule has 3 atom stereocenters. The summed E-state index contributed by atoms with van der Waals surface area (Å²) in [6, 6.07) is 13.1. The molecular formula is C29H32ClNO5. The Morgan fingerprint density at radius 3 is 2.50 bits per heavy atom. The van der Waals surface area contributed by atoms with E-state index in [1.165, 1.54) is 0 Å². The number of benzene rings is 2. The highest BCUT2D eigenvalue weighted by atomic mass is 35.5. The lowest BCUT2D eigenvalue weighted by molar-refractivity contribution is -0.144. The van der Waals surface area contributed by atoms with E-state index in [9.17, 15) is 9.59 Å². The fourth-order valence-corrected chi connectivity index (χ4v) is 5.20. The maximum absolute atomic E-state index is 13.8. The molecule has 0 radical (unpaired) electrons. The predicted octanol–water partition coefficient (Wildman–Crippen LogP) is 6.06. The van der Waals surface area contributed by atoms with E-state index < -0.39 is 11.9 Å². The number of ether oxygens (including phenoxy) is 3. The van der Waals surface area contributed by atoms with Gasteiger partial charge in [-0.3, -0.25) is 4.79 Å². The first-order valence-corrected chi connectivity index (χ1v) is 12.6. The summed E-state index contributed by atoms with van der Waals surface area (Å²) < 4.78 is 16.6. The predicted molar refractivity (Wildman–Crippen MR) is 139 cm³/mol. The third-order valence-electron chi connectivity index (χ3n) is 6.99. The second kappa shape index (κ2) is 10.8. The van der Waals surface area contributed by atoms with Crippen LogP contribution in [0.15, 0.2) is 65.0 Å². The molecule has 0 amide bonds. The Kier molecular flexibility index (Phi) is 7.74. The van der Waals surface area contributed by atoms with Gasteiger partial charge < -0.3 is 19.5 Å². The van der Waals surface area contributed by atoms with Gasteiger partial charge in [0, 0.05) is 34.3 Å². The molecule has 4 rings (SSSR count). The number of methoxy groups -OCH3 is 2. The Morgan fingerprint density at radius 2 is 1.83 bits per heavy atom. The maximum atomic E-state index is 13.8. The summed E-state index contributed by atoms with van der Waals surface area (Å²) in [5.74, 6) is 0.265. The lowest BCUT2D eigenvalue weighted by Gasteiger charge is -2.37.